The van der Waals surface area contributed by atoms with Gasteiger partial charge >= 0.3 is 0 Å². The predicted molar refractivity (Wildman–Crippen MR) is 86.1 cm³/mol. The molecule has 1 amide bonds. The van der Waals surface area contributed by atoms with Gasteiger partial charge in [-0.1, -0.05) is 39.8 Å². The van der Waals surface area contributed by atoms with Gasteiger partial charge in [-0.25, -0.2) is 0 Å². The second-order valence-electron chi connectivity index (χ2n) is 6.27. The highest BCUT2D eigenvalue weighted by Crippen LogP contribution is 2.18. The van der Waals surface area contributed by atoms with Crippen LogP contribution in [0.15, 0.2) is 24.3 Å². The summed E-state index contributed by atoms with van der Waals surface area (Å²) in [4.78, 5) is 12.0. The van der Waals surface area contributed by atoms with E-state index in [2.05, 4.69) is 19.2 Å². The lowest BCUT2D eigenvalue weighted by Crippen LogP contribution is -2.44. The van der Waals surface area contributed by atoms with Crippen molar-refractivity contribution in [1.29, 1.82) is 0 Å². The van der Waals surface area contributed by atoms with Gasteiger partial charge in [0.2, 0.25) is 5.91 Å². The van der Waals surface area contributed by atoms with Gasteiger partial charge in [-0.15, -0.1) is 0 Å². The third kappa shape index (κ3) is 5.76. The summed E-state index contributed by atoms with van der Waals surface area (Å²) in [5.74, 6) is 1.37. The van der Waals surface area contributed by atoms with E-state index in [4.69, 9.17) is 10.5 Å². The van der Waals surface area contributed by atoms with Gasteiger partial charge in [0.05, 0.1) is 18.7 Å². The number of nitrogens with two attached hydrogens (primary N) is 1. The molecule has 0 aliphatic rings. The van der Waals surface area contributed by atoms with Crippen LogP contribution in [-0.2, 0) is 4.79 Å². The van der Waals surface area contributed by atoms with E-state index in [0.29, 0.717) is 12.5 Å². The van der Waals surface area contributed by atoms with Crippen molar-refractivity contribution < 1.29 is 9.53 Å². The third-order valence-electron chi connectivity index (χ3n) is 3.34. The molecule has 0 saturated carbocycles. The van der Waals surface area contributed by atoms with Crippen LogP contribution >= 0.6 is 0 Å². The molecular formula is C17H28N2O2. The maximum absolute atomic E-state index is 12.0. The quantitative estimate of drug-likeness (QED) is 0.812. The van der Waals surface area contributed by atoms with E-state index < -0.39 is 6.04 Å². The van der Waals surface area contributed by atoms with Crippen LogP contribution in [0.1, 0.15) is 46.2 Å². The molecule has 1 aromatic rings. The van der Waals surface area contributed by atoms with E-state index in [1.54, 1.807) is 0 Å². The summed E-state index contributed by atoms with van der Waals surface area (Å²) in [6.07, 6.45) is 0. The molecule has 3 N–H and O–H groups in total. The van der Waals surface area contributed by atoms with Crippen LogP contribution in [0.25, 0.3) is 0 Å². The van der Waals surface area contributed by atoms with E-state index in [9.17, 15) is 4.79 Å². The first kappa shape index (κ1) is 17.5. The molecule has 0 aliphatic heterocycles. The van der Waals surface area contributed by atoms with Gasteiger partial charge in [-0.3, -0.25) is 4.79 Å². The first-order valence-electron chi connectivity index (χ1n) is 7.60. The number of hydrogen-bond acceptors (Lipinski definition) is 3. The Bertz CT molecular complexity index is 441. The molecule has 0 spiro atoms. The molecule has 0 radical (unpaired) electrons. The molecule has 0 fully saturated rings. The van der Waals surface area contributed by atoms with E-state index in [1.807, 2.05) is 45.0 Å². The minimum atomic E-state index is -0.471. The van der Waals surface area contributed by atoms with Gasteiger partial charge in [0.15, 0.2) is 0 Å². The molecular weight excluding hydrogens is 264 g/mol. The molecule has 1 unspecified atom stereocenters. The molecule has 1 aromatic carbocycles. The Hall–Kier alpha value is -1.55. The zero-order chi connectivity index (χ0) is 16.0. The number of benzene rings is 1. The minimum Gasteiger partial charge on any atom is -0.493 e. The van der Waals surface area contributed by atoms with Crippen molar-refractivity contribution >= 4 is 5.91 Å². The molecule has 0 saturated heterocycles. The summed E-state index contributed by atoms with van der Waals surface area (Å²) < 4.78 is 5.65. The highest BCUT2D eigenvalue weighted by atomic mass is 16.5. The molecule has 21 heavy (non-hydrogen) atoms. The molecule has 4 heteroatoms. The van der Waals surface area contributed by atoms with E-state index in [0.717, 1.165) is 11.3 Å². The lowest BCUT2D eigenvalue weighted by atomic mass is 10.0. The number of rotatable bonds is 7. The summed E-state index contributed by atoms with van der Waals surface area (Å²) in [6, 6.07) is 7.27. The van der Waals surface area contributed by atoms with Crippen LogP contribution in [0.5, 0.6) is 5.75 Å². The van der Waals surface area contributed by atoms with Gasteiger partial charge < -0.3 is 15.8 Å². The average Bonchev–Trinajstić information content (AvgIpc) is 2.44. The zero-order valence-corrected chi connectivity index (χ0v) is 13.7. The molecule has 4 nitrogen and oxygen atoms in total. The fraction of sp³-hybridized carbons (Fsp3) is 0.588. The maximum Gasteiger partial charge on any atom is 0.237 e. The van der Waals surface area contributed by atoms with Crippen molar-refractivity contribution in [2.24, 2.45) is 17.6 Å². The number of hydrogen-bond donors (Lipinski definition) is 2. The lowest BCUT2D eigenvalue weighted by molar-refractivity contribution is -0.123. The third-order valence-corrected chi connectivity index (χ3v) is 3.34. The lowest BCUT2D eigenvalue weighted by Gasteiger charge is -2.20. The van der Waals surface area contributed by atoms with Crippen molar-refractivity contribution in [1.82, 2.24) is 5.32 Å². The van der Waals surface area contributed by atoms with Gasteiger partial charge in [0.1, 0.15) is 5.75 Å². The fourth-order valence-corrected chi connectivity index (χ4v) is 1.81. The van der Waals surface area contributed by atoms with E-state index >= 15 is 0 Å². The van der Waals surface area contributed by atoms with Crippen LogP contribution in [0, 0.1) is 11.8 Å². The molecule has 0 aromatic heterocycles. The number of carbonyl (C=O) groups excluding carboxylic acids is 1. The smallest absolute Gasteiger partial charge is 0.237 e. The summed E-state index contributed by atoms with van der Waals surface area (Å²) in [6.45, 7) is 10.8. The molecule has 1 rings (SSSR count). The second-order valence-corrected chi connectivity index (χ2v) is 6.27. The number of ether oxygens (including phenoxy) is 1. The molecule has 0 bridgehead atoms. The Morgan fingerprint density at radius 1 is 1.14 bits per heavy atom. The van der Waals surface area contributed by atoms with Gasteiger partial charge in [0.25, 0.3) is 0 Å². The highest BCUT2D eigenvalue weighted by molar-refractivity contribution is 5.82. The SMILES string of the molecule is CC(C)COc1ccc(C(C)NC(=O)[C@@H](N)C(C)C)cc1. The zero-order valence-electron chi connectivity index (χ0n) is 13.7. The Morgan fingerprint density at radius 3 is 2.19 bits per heavy atom. The monoisotopic (exact) mass is 292 g/mol. The second kappa shape index (κ2) is 8.03. The first-order chi connectivity index (χ1) is 9.81. The van der Waals surface area contributed by atoms with Crippen molar-refractivity contribution in [3.63, 3.8) is 0 Å². The number of amides is 1. The van der Waals surface area contributed by atoms with Crippen LogP contribution < -0.4 is 15.8 Å². The van der Waals surface area contributed by atoms with E-state index in [-0.39, 0.29) is 17.9 Å². The molecule has 0 heterocycles. The van der Waals surface area contributed by atoms with Gasteiger partial charge in [-0.05, 0) is 36.5 Å². The van der Waals surface area contributed by atoms with Crippen LogP contribution in [0.2, 0.25) is 0 Å². The predicted octanol–water partition coefficient (Wildman–Crippen LogP) is 2.88. The van der Waals surface area contributed by atoms with Crippen molar-refractivity contribution in [3.05, 3.63) is 29.8 Å². The van der Waals surface area contributed by atoms with Gasteiger partial charge in [0, 0.05) is 0 Å². The molecule has 118 valence electrons. The first-order valence-corrected chi connectivity index (χ1v) is 7.60. The minimum absolute atomic E-state index is 0.0681. The fourth-order valence-electron chi connectivity index (χ4n) is 1.81. The maximum atomic E-state index is 12.0. The average molecular weight is 292 g/mol. The topological polar surface area (TPSA) is 64.3 Å². The van der Waals surface area contributed by atoms with Crippen LogP contribution in [0.3, 0.4) is 0 Å². The summed E-state index contributed by atoms with van der Waals surface area (Å²) >= 11 is 0. The summed E-state index contributed by atoms with van der Waals surface area (Å²) in [5.41, 5.74) is 6.88. The molecule has 0 aliphatic carbocycles. The molecule has 2 atom stereocenters. The summed E-state index contributed by atoms with van der Waals surface area (Å²) in [5, 5.41) is 2.94. The Balaban J connectivity index is 2.58. The largest absolute Gasteiger partial charge is 0.493 e. The number of nitrogens with one attached hydrogen (secondary N) is 1. The van der Waals surface area contributed by atoms with Gasteiger partial charge in [-0.2, -0.15) is 0 Å². The van der Waals surface area contributed by atoms with E-state index in [1.165, 1.54) is 0 Å². The Morgan fingerprint density at radius 2 is 1.71 bits per heavy atom. The normalized spacial score (nSPS) is 14.1. The Labute approximate surface area is 128 Å². The Kier molecular flexibility index (Phi) is 6.69. The van der Waals surface area contributed by atoms with Crippen LogP contribution in [0.4, 0.5) is 0 Å². The summed E-state index contributed by atoms with van der Waals surface area (Å²) in [7, 11) is 0. The standard InChI is InChI=1S/C17H28N2O2/c1-11(2)10-21-15-8-6-14(7-9-15)13(5)19-17(20)16(18)12(3)4/h6-9,11-13,16H,10,18H2,1-5H3,(H,19,20)/t13?,16-/m0/s1. The van der Waals surface area contributed by atoms with Crippen molar-refractivity contribution in [2.45, 2.75) is 46.7 Å². The highest BCUT2D eigenvalue weighted by Gasteiger charge is 2.19. The number of carbonyl (C=O) groups is 1. The van der Waals surface area contributed by atoms with Crippen LogP contribution in [-0.4, -0.2) is 18.6 Å². The van der Waals surface area contributed by atoms with Crippen molar-refractivity contribution in [3.8, 4) is 5.75 Å². The van der Waals surface area contributed by atoms with Crippen molar-refractivity contribution in [2.75, 3.05) is 6.61 Å².